The number of carbonyl (C=O) groups excluding carboxylic acids is 1. The Morgan fingerprint density at radius 3 is 2.76 bits per heavy atom. The summed E-state index contributed by atoms with van der Waals surface area (Å²) < 4.78 is 0. The summed E-state index contributed by atoms with van der Waals surface area (Å²) in [5, 5.41) is 12.8. The van der Waals surface area contributed by atoms with Crippen molar-refractivity contribution < 1.29 is 9.90 Å². The van der Waals surface area contributed by atoms with Crippen molar-refractivity contribution in [2.45, 2.75) is 0 Å². The van der Waals surface area contributed by atoms with E-state index in [1.165, 1.54) is 12.1 Å². The predicted octanol–water partition coefficient (Wildman–Crippen LogP) is 2.61. The molecule has 0 radical (unpaired) electrons. The molecule has 5 heteroatoms. The molecule has 0 aliphatic heterocycles. The molecule has 0 aliphatic rings. The topological polar surface area (TPSA) is 75.3 Å². The number of halogens is 1. The monoisotopic (exact) mass is 300 g/mol. The van der Waals surface area contributed by atoms with Crippen molar-refractivity contribution in [3.63, 3.8) is 0 Å². The fraction of sp³-hybridized carbons (Fsp3) is 0.0625. The number of anilines is 1. The number of hydrogen-bond acceptors (Lipinski definition) is 3. The Morgan fingerprint density at radius 2 is 2.05 bits per heavy atom. The maximum Gasteiger partial charge on any atom is 0.259 e. The van der Waals surface area contributed by atoms with Crippen LogP contribution in [0.25, 0.3) is 0 Å². The molecule has 106 valence electrons. The number of nitrogens with two attached hydrogens (primary N) is 1. The molecular formula is C16H13ClN2O2. The molecule has 0 heterocycles. The first-order valence-corrected chi connectivity index (χ1v) is 6.57. The third kappa shape index (κ3) is 3.76. The first-order valence-electron chi connectivity index (χ1n) is 6.19. The van der Waals surface area contributed by atoms with Crippen molar-refractivity contribution in [2.75, 3.05) is 11.9 Å². The highest BCUT2D eigenvalue weighted by Crippen LogP contribution is 2.22. The number of phenols is 1. The van der Waals surface area contributed by atoms with Crippen molar-refractivity contribution in [1.82, 2.24) is 0 Å². The van der Waals surface area contributed by atoms with Gasteiger partial charge in [0.1, 0.15) is 5.75 Å². The molecule has 0 aliphatic carbocycles. The van der Waals surface area contributed by atoms with Gasteiger partial charge in [0.15, 0.2) is 0 Å². The zero-order valence-electron chi connectivity index (χ0n) is 11.1. The molecule has 2 aromatic carbocycles. The van der Waals surface area contributed by atoms with Gasteiger partial charge in [0.25, 0.3) is 5.91 Å². The van der Waals surface area contributed by atoms with Crippen molar-refractivity contribution in [3.05, 3.63) is 58.6 Å². The van der Waals surface area contributed by atoms with Gasteiger partial charge in [0.05, 0.1) is 17.1 Å². The highest BCUT2D eigenvalue weighted by molar-refractivity contribution is 6.31. The van der Waals surface area contributed by atoms with Gasteiger partial charge >= 0.3 is 0 Å². The third-order valence-corrected chi connectivity index (χ3v) is 3.03. The van der Waals surface area contributed by atoms with Crippen LogP contribution in [0.2, 0.25) is 5.02 Å². The quantitative estimate of drug-likeness (QED) is 0.746. The molecule has 0 atom stereocenters. The van der Waals surface area contributed by atoms with Crippen LogP contribution in [0.5, 0.6) is 5.75 Å². The smallest absolute Gasteiger partial charge is 0.259 e. The first kappa shape index (κ1) is 14.9. The zero-order valence-corrected chi connectivity index (χ0v) is 11.8. The van der Waals surface area contributed by atoms with Gasteiger partial charge in [-0.25, -0.2) is 0 Å². The van der Waals surface area contributed by atoms with Crippen LogP contribution in [0.15, 0.2) is 42.5 Å². The number of nitrogens with one attached hydrogen (secondary N) is 1. The summed E-state index contributed by atoms with van der Waals surface area (Å²) in [5.41, 5.74) is 6.64. The summed E-state index contributed by atoms with van der Waals surface area (Å²) in [6.07, 6.45) is 0. The highest BCUT2D eigenvalue weighted by Gasteiger charge is 2.11. The van der Waals surface area contributed by atoms with E-state index in [1.807, 2.05) is 0 Å². The lowest BCUT2D eigenvalue weighted by Crippen LogP contribution is -2.12. The molecule has 1 amide bonds. The zero-order chi connectivity index (χ0) is 15.2. The summed E-state index contributed by atoms with van der Waals surface area (Å²) in [6, 6.07) is 11.3. The molecule has 4 N–H and O–H groups in total. The average Bonchev–Trinajstić information content (AvgIpc) is 2.48. The minimum Gasteiger partial charge on any atom is -0.507 e. The van der Waals surface area contributed by atoms with Crippen LogP contribution >= 0.6 is 11.6 Å². The van der Waals surface area contributed by atoms with Crippen molar-refractivity contribution in [2.24, 2.45) is 5.73 Å². The number of benzene rings is 2. The maximum atomic E-state index is 12.1. The van der Waals surface area contributed by atoms with Crippen LogP contribution in [0.3, 0.4) is 0 Å². The second-order valence-corrected chi connectivity index (χ2v) is 4.58. The van der Waals surface area contributed by atoms with Gasteiger partial charge in [0, 0.05) is 11.3 Å². The molecule has 2 rings (SSSR count). The Bertz CT molecular complexity index is 733. The number of hydrogen-bond donors (Lipinski definition) is 3. The first-order chi connectivity index (χ1) is 10.1. The van der Waals surface area contributed by atoms with Gasteiger partial charge in [-0.3, -0.25) is 4.79 Å². The fourth-order valence-electron chi connectivity index (χ4n) is 1.71. The number of rotatable bonds is 2. The van der Waals surface area contributed by atoms with Crippen molar-refractivity contribution >= 4 is 23.2 Å². The summed E-state index contributed by atoms with van der Waals surface area (Å²) in [5.74, 6) is 5.05. The lowest BCUT2D eigenvalue weighted by molar-refractivity contribution is 0.102. The number of carbonyl (C=O) groups is 1. The minimum absolute atomic E-state index is 0.0767. The molecule has 2 aromatic rings. The highest BCUT2D eigenvalue weighted by atomic mass is 35.5. The summed E-state index contributed by atoms with van der Waals surface area (Å²) in [6.45, 7) is 0.227. The Morgan fingerprint density at radius 1 is 1.29 bits per heavy atom. The maximum absolute atomic E-state index is 12.1. The van der Waals surface area contributed by atoms with Crippen LogP contribution < -0.4 is 11.1 Å². The molecule has 0 saturated carbocycles. The van der Waals surface area contributed by atoms with E-state index in [0.717, 1.165) is 0 Å². The molecule has 0 unspecified atom stereocenters. The molecule has 0 spiro atoms. The minimum atomic E-state index is -0.409. The lowest BCUT2D eigenvalue weighted by atomic mass is 10.1. The molecule has 21 heavy (non-hydrogen) atoms. The predicted molar refractivity (Wildman–Crippen MR) is 83.4 cm³/mol. The van der Waals surface area contributed by atoms with E-state index in [-0.39, 0.29) is 17.9 Å². The van der Waals surface area contributed by atoms with E-state index in [9.17, 15) is 9.90 Å². The summed E-state index contributed by atoms with van der Waals surface area (Å²) in [4.78, 5) is 12.1. The Kier molecular flexibility index (Phi) is 4.83. The van der Waals surface area contributed by atoms with Crippen LogP contribution in [0.4, 0.5) is 5.69 Å². The number of amides is 1. The second-order valence-electron chi connectivity index (χ2n) is 4.17. The van der Waals surface area contributed by atoms with E-state index >= 15 is 0 Å². The molecule has 4 nitrogen and oxygen atoms in total. The normalized spacial score (nSPS) is 9.62. The molecule has 0 aromatic heterocycles. The SMILES string of the molecule is NCC#Cc1cc(NC(=O)c2ccccc2O)ccc1Cl. The van der Waals surface area contributed by atoms with Crippen LogP contribution in [-0.2, 0) is 0 Å². The van der Waals surface area contributed by atoms with Crippen LogP contribution in [-0.4, -0.2) is 17.6 Å². The number of para-hydroxylation sites is 1. The summed E-state index contributed by atoms with van der Waals surface area (Å²) in [7, 11) is 0. The molecule has 0 fully saturated rings. The fourth-order valence-corrected chi connectivity index (χ4v) is 1.87. The van der Waals surface area contributed by atoms with Gasteiger partial charge in [-0.05, 0) is 30.3 Å². The van der Waals surface area contributed by atoms with E-state index in [0.29, 0.717) is 16.3 Å². The van der Waals surface area contributed by atoms with Gasteiger partial charge in [-0.2, -0.15) is 0 Å². The van der Waals surface area contributed by atoms with E-state index in [1.54, 1.807) is 30.3 Å². The largest absolute Gasteiger partial charge is 0.507 e. The van der Waals surface area contributed by atoms with E-state index in [2.05, 4.69) is 17.2 Å². The van der Waals surface area contributed by atoms with Gasteiger partial charge in [-0.15, -0.1) is 0 Å². The lowest BCUT2D eigenvalue weighted by Gasteiger charge is -2.07. The molecule has 0 saturated heterocycles. The standard InChI is InChI=1S/C16H13ClN2O2/c17-14-8-7-12(10-11(14)4-3-9-18)19-16(21)13-5-1-2-6-15(13)20/h1-2,5-8,10,20H,9,18H2,(H,19,21). The second kappa shape index (κ2) is 6.80. The molecule has 0 bridgehead atoms. The third-order valence-electron chi connectivity index (χ3n) is 2.70. The molecular weight excluding hydrogens is 288 g/mol. The average molecular weight is 301 g/mol. The van der Waals surface area contributed by atoms with E-state index < -0.39 is 5.91 Å². The van der Waals surface area contributed by atoms with E-state index in [4.69, 9.17) is 17.3 Å². The number of phenolic OH excluding ortho intramolecular Hbond substituents is 1. The van der Waals surface area contributed by atoms with Crippen molar-refractivity contribution in [1.29, 1.82) is 0 Å². The van der Waals surface area contributed by atoms with Gasteiger partial charge in [-0.1, -0.05) is 35.6 Å². The Balaban J connectivity index is 2.24. The summed E-state index contributed by atoms with van der Waals surface area (Å²) >= 11 is 6.01. The van der Waals surface area contributed by atoms with Crippen molar-refractivity contribution in [3.8, 4) is 17.6 Å². The van der Waals surface area contributed by atoms with Gasteiger partial charge < -0.3 is 16.2 Å². The Labute approximate surface area is 127 Å². The van der Waals surface area contributed by atoms with Crippen LogP contribution in [0, 0.1) is 11.8 Å². The van der Waals surface area contributed by atoms with Gasteiger partial charge in [0.2, 0.25) is 0 Å². The Hall–Kier alpha value is -2.48. The number of aromatic hydroxyl groups is 1. The van der Waals surface area contributed by atoms with Crippen LogP contribution in [0.1, 0.15) is 15.9 Å².